The van der Waals surface area contributed by atoms with Gasteiger partial charge in [0, 0.05) is 0 Å². The summed E-state index contributed by atoms with van der Waals surface area (Å²) in [6, 6.07) is 21.6. The van der Waals surface area contributed by atoms with Gasteiger partial charge < -0.3 is 10.2 Å². The minimum atomic E-state index is -4.47. The zero-order valence-corrected chi connectivity index (χ0v) is 23.9. The average Bonchev–Trinajstić information content (AvgIpc) is 3.40. The second kappa shape index (κ2) is 16.8. The number of benzene rings is 2. The van der Waals surface area contributed by atoms with Gasteiger partial charge in [-0.25, -0.2) is 23.3 Å². The molecule has 0 saturated heterocycles. The third-order valence-corrected chi connectivity index (χ3v) is 4.55. The van der Waals surface area contributed by atoms with E-state index in [9.17, 15) is 26.3 Å². The van der Waals surface area contributed by atoms with E-state index in [0.717, 1.165) is 24.3 Å². The van der Waals surface area contributed by atoms with Crippen LogP contribution in [0, 0.1) is 27.7 Å². The van der Waals surface area contributed by atoms with Gasteiger partial charge in [-0.3, -0.25) is 0 Å². The molecule has 0 unspecified atom stereocenters. The summed E-state index contributed by atoms with van der Waals surface area (Å²) in [6.07, 6.45) is -8.93. The summed E-state index contributed by atoms with van der Waals surface area (Å²) in [5.74, 6) is -1.47. The molecule has 0 aliphatic heterocycles. The summed E-state index contributed by atoms with van der Waals surface area (Å²) in [4.78, 5) is 0. The standard InChI is InChI=1S/2C7H5F3O.2C7H9.CH2.Zr/c2*8-7(9,10)5-3-1-2-4-6(5)11;2*1-6-3-4-7(2)5-6;;/h2*1-4,11H;2*3-5H,1-2H3;1H2;/q;;2*-1;;+2. The summed E-state index contributed by atoms with van der Waals surface area (Å²) in [7, 11) is 0. The number of phenolic OH excluding ortho intramolecular Hbond substituents is 2. The fourth-order valence-corrected chi connectivity index (χ4v) is 2.86. The van der Waals surface area contributed by atoms with Crippen LogP contribution in [0.1, 0.15) is 33.4 Å². The van der Waals surface area contributed by atoms with Crippen LogP contribution in [0.3, 0.4) is 0 Å². The van der Waals surface area contributed by atoms with E-state index in [2.05, 4.69) is 68.3 Å². The molecule has 2 N–H and O–H groups in total. The van der Waals surface area contributed by atoms with Crippen molar-refractivity contribution in [3.05, 3.63) is 118 Å². The van der Waals surface area contributed by atoms with Crippen LogP contribution in [0.15, 0.2) is 84.9 Å². The first-order valence-electron chi connectivity index (χ1n) is 11.1. The molecular weight excluding hydrogens is 586 g/mol. The summed E-state index contributed by atoms with van der Waals surface area (Å²) in [5, 5.41) is 17.5. The number of alkyl halides is 6. The zero-order valence-electron chi connectivity index (χ0n) is 21.5. The third-order valence-electron chi connectivity index (χ3n) is 4.55. The summed E-state index contributed by atoms with van der Waals surface area (Å²) >= 11 is 1.30. The van der Waals surface area contributed by atoms with Crippen molar-refractivity contribution in [1.82, 2.24) is 0 Å². The molecule has 204 valence electrons. The maximum absolute atomic E-state index is 11.9. The topological polar surface area (TPSA) is 40.5 Å². The van der Waals surface area contributed by atoms with Crippen molar-refractivity contribution >= 4 is 4.21 Å². The van der Waals surface area contributed by atoms with Crippen molar-refractivity contribution in [2.75, 3.05) is 0 Å². The van der Waals surface area contributed by atoms with Crippen LogP contribution in [0.2, 0.25) is 0 Å². The number of halogens is 6. The summed E-state index contributed by atoms with van der Waals surface area (Å²) in [6.45, 7) is 8.42. The average molecular weight is 616 g/mol. The Kier molecular flexibility index (Phi) is 15.5. The van der Waals surface area contributed by atoms with Crippen molar-refractivity contribution < 1.29 is 60.8 Å². The number of para-hydroxylation sites is 2. The Balaban J connectivity index is 0.000000479. The Morgan fingerprint density at radius 3 is 1.03 bits per heavy atom. The van der Waals surface area contributed by atoms with Crippen molar-refractivity contribution in [2.24, 2.45) is 0 Å². The molecule has 0 aliphatic carbocycles. The second-order valence-electron chi connectivity index (χ2n) is 7.96. The minimum absolute atomic E-state index is 0.736. The van der Waals surface area contributed by atoms with Crippen molar-refractivity contribution in [1.29, 1.82) is 0 Å². The molecule has 4 aromatic carbocycles. The molecule has 0 aromatic heterocycles. The fraction of sp³-hybridized carbons (Fsp3) is 0.207. The number of hydrogen-bond donors (Lipinski definition) is 2. The summed E-state index contributed by atoms with van der Waals surface area (Å²) < 4.78 is 74.7. The third kappa shape index (κ3) is 14.1. The Hall–Kier alpha value is -2.93. The van der Waals surface area contributed by atoms with Gasteiger partial charge in [0.2, 0.25) is 0 Å². The molecule has 0 radical (unpaired) electrons. The molecule has 0 atom stereocenters. The van der Waals surface area contributed by atoms with Crippen LogP contribution < -0.4 is 0 Å². The first-order chi connectivity index (χ1) is 17.6. The molecule has 0 fully saturated rings. The van der Waals surface area contributed by atoms with Crippen molar-refractivity contribution in [2.45, 2.75) is 40.0 Å². The predicted octanol–water partition coefficient (Wildman–Crippen LogP) is 8.83. The molecule has 9 heteroatoms. The van der Waals surface area contributed by atoms with Gasteiger partial charge >= 0.3 is 40.8 Å². The fourth-order valence-electron chi connectivity index (χ4n) is 2.86. The number of phenols is 2. The predicted molar refractivity (Wildman–Crippen MR) is 136 cm³/mol. The molecule has 0 amide bonds. The van der Waals surface area contributed by atoms with Crippen LogP contribution in [-0.4, -0.2) is 14.4 Å². The molecule has 0 spiro atoms. The van der Waals surface area contributed by atoms with Crippen LogP contribution in [0.25, 0.3) is 0 Å². The van der Waals surface area contributed by atoms with Gasteiger partial charge in [-0.1, -0.05) is 52.0 Å². The van der Waals surface area contributed by atoms with E-state index in [1.165, 1.54) is 70.8 Å². The zero-order chi connectivity index (χ0) is 29.5. The van der Waals surface area contributed by atoms with E-state index in [1.54, 1.807) is 0 Å². The Morgan fingerprint density at radius 1 is 0.605 bits per heavy atom. The van der Waals surface area contributed by atoms with E-state index < -0.39 is 35.0 Å². The molecule has 0 aliphatic rings. The molecular formula is C29H30F6O2Zr. The van der Waals surface area contributed by atoms with Gasteiger partial charge in [-0.15, -0.1) is 0 Å². The van der Waals surface area contributed by atoms with Crippen LogP contribution in [0.5, 0.6) is 11.5 Å². The van der Waals surface area contributed by atoms with Crippen LogP contribution >= 0.6 is 0 Å². The number of hydrogen-bond acceptors (Lipinski definition) is 2. The van der Waals surface area contributed by atoms with Crippen molar-refractivity contribution in [3.63, 3.8) is 0 Å². The molecule has 0 saturated carbocycles. The number of rotatable bonds is 0. The molecule has 4 aromatic rings. The van der Waals surface area contributed by atoms with Gasteiger partial charge in [-0.2, -0.15) is 61.7 Å². The van der Waals surface area contributed by atoms with Crippen LogP contribution in [-0.2, 0) is 36.6 Å². The SMILES string of the molecule is Cc1cc[c-](C)c1.Cc1cc[c-](C)c1.Oc1ccccc1C(F)(F)F.Oc1ccccc1C(F)(F)F.[CH2]=[Zr+2]. The maximum atomic E-state index is 11.9. The molecule has 38 heavy (non-hydrogen) atoms. The van der Waals surface area contributed by atoms with Crippen molar-refractivity contribution in [3.8, 4) is 11.5 Å². The molecule has 4 rings (SSSR count). The van der Waals surface area contributed by atoms with Gasteiger partial charge in [0.15, 0.2) is 0 Å². The van der Waals surface area contributed by atoms with E-state index in [1.807, 2.05) is 0 Å². The first-order valence-corrected chi connectivity index (χ1v) is 12.8. The van der Waals surface area contributed by atoms with E-state index in [0.29, 0.717) is 0 Å². The van der Waals surface area contributed by atoms with Gasteiger partial charge in [0.05, 0.1) is 11.1 Å². The Morgan fingerprint density at radius 2 is 0.895 bits per heavy atom. The molecule has 0 heterocycles. The van der Waals surface area contributed by atoms with E-state index in [-0.39, 0.29) is 0 Å². The van der Waals surface area contributed by atoms with Gasteiger partial charge in [0.1, 0.15) is 11.5 Å². The number of aromatic hydroxyl groups is 2. The quantitative estimate of drug-likeness (QED) is 0.153. The monoisotopic (exact) mass is 614 g/mol. The van der Waals surface area contributed by atoms with E-state index in [4.69, 9.17) is 10.2 Å². The van der Waals surface area contributed by atoms with E-state index >= 15 is 0 Å². The molecule has 2 nitrogen and oxygen atoms in total. The molecule has 0 bridgehead atoms. The number of aryl methyl sites for hydroxylation is 4. The van der Waals surface area contributed by atoms with Gasteiger partial charge in [-0.05, 0) is 24.3 Å². The van der Waals surface area contributed by atoms with Gasteiger partial charge in [0.25, 0.3) is 0 Å². The Bertz CT molecular complexity index is 1080. The van der Waals surface area contributed by atoms with Crippen LogP contribution in [0.4, 0.5) is 26.3 Å². The Labute approximate surface area is 234 Å². The normalized spacial score (nSPS) is 10.3. The summed E-state index contributed by atoms with van der Waals surface area (Å²) in [5.41, 5.74) is 3.44. The second-order valence-corrected chi connectivity index (χ2v) is 7.96. The first kappa shape index (κ1) is 35.1.